The predicted octanol–water partition coefficient (Wildman–Crippen LogP) is 3.20. The fourth-order valence-corrected chi connectivity index (χ4v) is 4.14. The van der Waals surface area contributed by atoms with Crippen molar-refractivity contribution in [1.29, 1.82) is 0 Å². The van der Waals surface area contributed by atoms with Crippen molar-refractivity contribution in [2.45, 2.75) is 31.4 Å². The number of thioether (sulfide) groups is 1. The van der Waals surface area contributed by atoms with E-state index >= 15 is 0 Å². The van der Waals surface area contributed by atoms with Gasteiger partial charge in [0.15, 0.2) is 5.69 Å². The molecule has 2 heterocycles. The first-order chi connectivity index (χ1) is 11.5. The van der Waals surface area contributed by atoms with Crippen molar-refractivity contribution in [1.82, 2.24) is 15.1 Å². The lowest BCUT2D eigenvalue weighted by Crippen LogP contribution is -2.36. The Morgan fingerprint density at radius 3 is 3.00 bits per heavy atom. The maximum Gasteiger partial charge on any atom is 0.271 e. The molecular formula is C18H23N3O2S. The van der Waals surface area contributed by atoms with E-state index in [1.165, 1.54) is 12.2 Å². The van der Waals surface area contributed by atoms with Gasteiger partial charge >= 0.3 is 0 Å². The van der Waals surface area contributed by atoms with Crippen LogP contribution in [0.1, 0.15) is 35.8 Å². The Morgan fingerprint density at radius 2 is 2.29 bits per heavy atom. The number of methoxy groups -OCH3 is 1. The monoisotopic (exact) mass is 345 g/mol. The molecule has 0 spiro atoms. The average molecular weight is 345 g/mol. The smallest absolute Gasteiger partial charge is 0.271 e. The van der Waals surface area contributed by atoms with Crippen molar-refractivity contribution in [2.24, 2.45) is 0 Å². The van der Waals surface area contributed by atoms with Crippen molar-refractivity contribution >= 4 is 17.7 Å². The second-order valence-electron chi connectivity index (χ2n) is 6.41. The van der Waals surface area contributed by atoms with Crippen LogP contribution in [0.2, 0.25) is 0 Å². The molecule has 1 aliphatic rings. The van der Waals surface area contributed by atoms with E-state index in [2.05, 4.69) is 17.3 Å². The first-order valence-electron chi connectivity index (χ1n) is 8.14. The zero-order valence-electron chi connectivity index (χ0n) is 14.3. The third-order valence-electron chi connectivity index (χ3n) is 4.33. The number of aryl methyl sites for hydroxylation is 1. The lowest BCUT2D eigenvalue weighted by atomic mass is 10.1. The second-order valence-corrected chi connectivity index (χ2v) is 8.09. The number of nitrogens with one attached hydrogen (secondary N) is 1. The number of hydrogen-bond donors (Lipinski definition) is 1. The van der Waals surface area contributed by atoms with E-state index in [1.54, 1.807) is 24.1 Å². The molecule has 6 heteroatoms. The minimum Gasteiger partial charge on any atom is -0.494 e. The summed E-state index contributed by atoms with van der Waals surface area (Å²) in [6.07, 6.45) is 4.16. The minimum atomic E-state index is -0.130. The molecule has 1 aromatic carbocycles. The van der Waals surface area contributed by atoms with Crippen molar-refractivity contribution in [3.05, 3.63) is 41.7 Å². The molecule has 1 aromatic heterocycles. The van der Waals surface area contributed by atoms with Gasteiger partial charge in [0, 0.05) is 17.5 Å². The first-order valence-corrected chi connectivity index (χ1v) is 9.12. The van der Waals surface area contributed by atoms with Crippen LogP contribution < -0.4 is 10.1 Å². The molecule has 24 heavy (non-hydrogen) atoms. The Morgan fingerprint density at radius 1 is 1.46 bits per heavy atom. The summed E-state index contributed by atoms with van der Waals surface area (Å²) >= 11 is 1.93. The van der Waals surface area contributed by atoms with Crippen LogP contribution in [0.5, 0.6) is 5.75 Å². The number of nitrogens with zero attached hydrogens (tertiary/aromatic N) is 2. The largest absolute Gasteiger partial charge is 0.494 e. The van der Waals surface area contributed by atoms with Gasteiger partial charge in [0.25, 0.3) is 5.91 Å². The Bertz CT molecular complexity index is 736. The quantitative estimate of drug-likeness (QED) is 0.904. The Balaban J connectivity index is 1.73. The predicted molar refractivity (Wildman–Crippen MR) is 97.3 cm³/mol. The van der Waals surface area contributed by atoms with E-state index in [1.807, 2.05) is 36.9 Å². The van der Waals surface area contributed by atoms with Gasteiger partial charge in [-0.15, -0.1) is 0 Å². The molecular weight excluding hydrogens is 322 g/mol. The fourth-order valence-electron chi connectivity index (χ4n) is 2.89. The van der Waals surface area contributed by atoms with Crippen LogP contribution in [-0.4, -0.2) is 39.8 Å². The highest BCUT2D eigenvalue weighted by molar-refractivity contribution is 8.00. The summed E-state index contributed by atoms with van der Waals surface area (Å²) in [5.41, 5.74) is 2.36. The maximum atomic E-state index is 12.4. The van der Waals surface area contributed by atoms with Crippen LogP contribution in [-0.2, 0) is 0 Å². The number of carbonyl (C=O) groups excluding carboxylic acids is 1. The van der Waals surface area contributed by atoms with Gasteiger partial charge < -0.3 is 10.1 Å². The highest BCUT2D eigenvalue weighted by atomic mass is 32.2. The van der Waals surface area contributed by atoms with Gasteiger partial charge in [0.05, 0.1) is 7.11 Å². The van der Waals surface area contributed by atoms with Crippen molar-refractivity contribution in [3.8, 4) is 11.4 Å². The van der Waals surface area contributed by atoms with Gasteiger partial charge in [-0.25, -0.2) is 4.68 Å². The van der Waals surface area contributed by atoms with Crippen LogP contribution in [0.25, 0.3) is 5.69 Å². The lowest BCUT2D eigenvalue weighted by molar-refractivity contribution is 0.0944. The normalized spacial score (nSPS) is 20.1. The summed E-state index contributed by atoms with van der Waals surface area (Å²) in [5, 5.41) is 7.44. The average Bonchev–Trinajstić information content (AvgIpc) is 3.22. The number of amides is 1. The van der Waals surface area contributed by atoms with Gasteiger partial charge in [-0.1, -0.05) is 6.07 Å². The highest BCUT2D eigenvalue weighted by Crippen LogP contribution is 2.37. The van der Waals surface area contributed by atoms with E-state index < -0.39 is 0 Å². The highest BCUT2D eigenvalue weighted by Gasteiger charge is 2.30. The van der Waals surface area contributed by atoms with Crippen LogP contribution in [0, 0.1) is 6.92 Å². The van der Waals surface area contributed by atoms with Crippen LogP contribution >= 0.6 is 11.8 Å². The van der Waals surface area contributed by atoms with Gasteiger partial charge in [-0.2, -0.15) is 16.9 Å². The molecule has 0 bridgehead atoms. The summed E-state index contributed by atoms with van der Waals surface area (Å²) < 4.78 is 7.23. The van der Waals surface area contributed by atoms with Gasteiger partial charge in [-0.05, 0) is 56.2 Å². The first kappa shape index (κ1) is 16.9. The number of hydrogen-bond acceptors (Lipinski definition) is 4. The minimum absolute atomic E-state index is 0.130. The van der Waals surface area contributed by atoms with E-state index in [0.29, 0.717) is 12.2 Å². The van der Waals surface area contributed by atoms with E-state index in [4.69, 9.17) is 4.74 Å². The molecule has 1 saturated heterocycles. The Hall–Kier alpha value is -1.95. The number of aromatic nitrogens is 2. The molecule has 1 amide bonds. The molecule has 1 aliphatic heterocycles. The van der Waals surface area contributed by atoms with Crippen molar-refractivity contribution < 1.29 is 9.53 Å². The molecule has 0 aliphatic carbocycles. The Kier molecular flexibility index (Phi) is 4.85. The fraction of sp³-hybridized carbons (Fsp3) is 0.444. The van der Waals surface area contributed by atoms with Crippen molar-refractivity contribution in [3.63, 3.8) is 0 Å². The standard InChI is InChI=1S/C18H23N3O2S/c1-13-5-6-16(23-3)15(11-13)21-9-7-14(20-21)17(22)19-12-18(2)8-4-10-24-18/h5-7,9,11H,4,8,10,12H2,1-3H3,(H,19,22)/t18-/m0/s1. The van der Waals surface area contributed by atoms with Gasteiger partial charge in [0.1, 0.15) is 11.4 Å². The number of rotatable bonds is 5. The SMILES string of the molecule is COc1ccc(C)cc1-n1ccc(C(=O)NC[C@]2(C)CCCS2)n1. The topological polar surface area (TPSA) is 56.1 Å². The van der Waals surface area contributed by atoms with Crippen LogP contribution in [0.15, 0.2) is 30.5 Å². The van der Waals surface area contributed by atoms with Crippen LogP contribution in [0.3, 0.4) is 0 Å². The van der Waals surface area contributed by atoms with E-state index in [0.717, 1.165) is 23.4 Å². The van der Waals surface area contributed by atoms with Gasteiger partial charge in [0.2, 0.25) is 0 Å². The lowest BCUT2D eigenvalue weighted by Gasteiger charge is -2.22. The molecule has 3 rings (SSSR count). The summed E-state index contributed by atoms with van der Waals surface area (Å²) in [6, 6.07) is 7.62. The molecule has 1 N–H and O–H groups in total. The second kappa shape index (κ2) is 6.89. The summed E-state index contributed by atoms with van der Waals surface area (Å²) in [6.45, 7) is 4.90. The molecule has 0 radical (unpaired) electrons. The number of ether oxygens (including phenoxy) is 1. The molecule has 128 valence electrons. The van der Waals surface area contributed by atoms with Crippen molar-refractivity contribution in [2.75, 3.05) is 19.4 Å². The molecule has 5 nitrogen and oxygen atoms in total. The summed E-state index contributed by atoms with van der Waals surface area (Å²) in [7, 11) is 1.63. The molecule has 1 atom stereocenters. The van der Waals surface area contributed by atoms with E-state index in [-0.39, 0.29) is 10.7 Å². The zero-order valence-corrected chi connectivity index (χ0v) is 15.2. The van der Waals surface area contributed by atoms with Crippen LogP contribution in [0.4, 0.5) is 0 Å². The number of benzene rings is 1. The zero-order chi connectivity index (χ0) is 17.2. The summed E-state index contributed by atoms with van der Waals surface area (Å²) in [4.78, 5) is 12.4. The molecule has 2 aromatic rings. The third-order valence-corrected chi connectivity index (χ3v) is 5.86. The summed E-state index contributed by atoms with van der Waals surface area (Å²) in [5.74, 6) is 1.77. The molecule has 0 unspecified atom stereocenters. The molecule has 1 fully saturated rings. The van der Waals surface area contributed by atoms with E-state index in [9.17, 15) is 4.79 Å². The maximum absolute atomic E-state index is 12.4. The third kappa shape index (κ3) is 3.59. The van der Waals surface area contributed by atoms with Gasteiger partial charge in [-0.3, -0.25) is 4.79 Å². The molecule has 0 saturated carbocycles. The number of carbonyl (C=O) groups is 1. The Labute approximate surface area is 146 Å².